The van der Waals surface area contributed by atoms with E-state index in [0.29, 0.717) is 25.2 Å². The molecule has 1 heterocycles. The zero-order valence-electron chi connectivity index (χ0n) is 11.7. The number of rotatable bonds is 4. The van der Waals surface area contributed by atoms with E-state index in [4.69, 9.17) is 10.2 Å². The van der Waals surface area contributed by atoms with Crippen LogP contribution in [0.2, 0.25) is 0 Å². The minimum atomic E-state index is -1.43. The molecule has 1 aliphatic rings. The molecule has 7 nitrogen and oxygen atoms in total. The molecule has 1 rings (SSSR count). The average Bonchev–Trinajstić information content (AvgIpc) is 2.34. The highest BCUT2D eigenvalue weighted by Gasteiger charge is 2.29. The third-order valence-electron chi connectivity index (χ3n) is 3.63. The predicted molar refractivity (Wildman–Crippen MR) is 69.9 cm³/mol. The second kappa shape index (κ2) is 6.72. The quantitative estimate of drug-likeness (QED) is 0.645. The third-order valence-corrected chi connectivity index (χ3v) is 3.63. The van der Waals surface area contributed by atoms with Crippen molar-refractivity contribution >= 4 is 12.0 Å². The topological polar surface area (TPSA) is 93.1 Å². The number of hydrogen-bond acceptors (Lipinski definition) is 4. The third kappa shape index (κ3) is 4.36. The molecule has 0 spiro atoms. The molecule has 0 radical (unpaired) electrons. The molecule has 0 aromatic carbocycles. The minimum Gasteiger partial charge on any atom is -0.479 e. The number of carbonyl (C=O) groups excluding carboxylic acids is 1. The Bertz CT molecular complexity index is 325. The summed E-state index contributed by atoms with van der Waals surface area (Å²) < 4.78 is 0. The van der Waals surface area contributed by atoms with Crippen LogP contribution in [0.3, 0.4) is 0 Å². The van der Waals surface area contributed by atoms with Crippen LogP contribution in [0.25, 0.3) is 0 Å². The summed E-state index contributed by atoms with van der Waals surface area (Å²) in [6, 6.07) is 0.377. The molecule has 0 saturated carbocycles. The predicted octanol–water partition coefficient (Wildman–Crippen LogP) is -0.444. The maximum absolute atomic E-state index is 11.9. The number of likely N-dealkylation sites (N-methyl/N-ethyl adjacent to an activating group) is 1. The van der Waals surface area contributed by atoms with E-state index in [1.165, 1.54) is 0 Å². The summed E-state index contributed by atoms with van der Waals surface area (Å²) in [6.07, 6.45) is -1.41. The molecule has 3 atom stereocenters. The number of piperazine rings is 1. The highest BCUT2D eigenvalue weighted by Crippen LogP contribution is 2.13. The van der Waals surface area contributed by atoms with E-state index in [2.05, 4.69) is 24.1 Å². The van der Waals surface area contributed by atoms with Gasteiger partial charge in [0.15, 0.2) is 6.10 Å². The fraction of sp³-hybridized carbons (Fsp3) is 0.833. The minimum absolute atomic E-state index is 0.0138. The van der Waals surface area contributed by atoms with Crippen molar-refractivity contribution in [3.8, 4) is 0 Å². The van der Waals surface area contributed by atoms with Gasteiger partial charge in [0.2, 0.25) is 0 Å². The second-order valence-corrected chi connectivity index (χ2v) is 5.14. The number of aliphatic carboxylic acids is 1. The number of carbonyl (C=O) groups is 2. The Balaban J connectivity index is 2.36. The van der Waals surface area contributed by atoms with Crippen LogP contribution >= 0.6 is 0 Å². The highest BCUT2D eigenvalue weighted by atomic mass is 16.4. The van der Waals surface area contributed by atoms with Gasteiger partial charge in [0.05, 0.1) is 0 Å². The number of carboxylic acids is 1. The van der Waals surface area contributed by atoms with E-state index in [1.807, 2.05) is 7.05 Å². The SMILES string of the molecule is CC1CN(C(=O)NCCC(O)C(=O)O)CC(C)N1C. The number of hydrogen-bond donors (Lipinski definition) is 3. The van der Waals surface area contributed by atoms with Crippen LogP contribution in [0, 0.1) is 0 Å². The number of urea groups is 1. The number of nitrogens with zero attached hydrogens (tertiary/aromatic N) is 2. The number of amides is 2. The normalized spacial score (nSPS) is 26.0. The van der Waals surface area contributed by atoms with Gasteiger partial charge in [0, 0.05) is 38.1 Å². The molecule has 0 bridgehead atoms. The van der Waals surface area contributed by atoms with E-state index in [0.717, 1.165) is 0 Å². The van der Waals surface area contributed by atoms with Gasteiger partial charge in [0.1, 0.15) is 0 Å². The zero-order valence-corrected chi connectivity index (χ0v) is 11.7. The van der Waals surface area contributed by atoms with Crippen molar-refractivity contribution in [3.05, 3.63) is 0 Å². The van der Waals surface area contributed by atoms with Gasteiger partial charge >= 0.3 is 12.0 Å². The van der Waals surface area contributed by atoms with Gasteiger partial charge in [-0.3, -0.25) is 4.90 Å². The monoisotopic (exact) mass is 273 g/mol. The van der Waals surface area contributed by atoms with Gasteiger partial charge in [-0.15, -0.1) is 0 Å². The van der Waals surface area contributed by atoms with Crippen LogP contribution in [-0.4, -0.2) is 76.9 Å². The molecule has 1 saturated heterocycles. The Morgan fingerprint density at radius 1 is 1.32 bits per heavy atom. The summed E-state index contributed by atoms with van der Waals surface area (Å²) in [5, 5.41) is 20.3. The van der Waals surface area contributed by atoms with Crippen LogP contribution in [0.1, 0.15) is 20.3 Å². The van der Waals surface area contributed by atoms with Gasteiger partial charge in [-0.2, -0.15) is 0 Å². The van der Waals surface area contributed by atoms with E-state index in [-0.39, 0.29) is 19.0 Å². The van der Waals surface area contributed by atoms with E-state index < -0.39 is 12.1 Å². The lowest BCUT2D eigenvalue weighted by Crippen LogP contribution is -2.58. The molecule has 2 amide bonds. The van der Waals surface area contributed by atoms with E-state index in [9.17, 15) is 9.59 Å². The molecule has 3 unspecified atom stereocenters. The van der Waals surface area contributed by atoms with Crippen LogP contribution < -0.4 is 5.32 Å². The van der Waals surface area contributed by atoms with Crippen molar-refractivity contribution < 1.29 is 19.8 Å². The molecule has 1 aliphatic heterocycles. The Hall–Kier alpha value is -1.34. The molecule has 3 N–H and O–H groups in total. The molecule has 19 heavy (non-hydrogen) atoms. The second-order valence-electron chi connectivity index (χ2n) is 5.14. The maximum Gasteiger partial charge on any atom is 0.332 e. The lowest BCUT2D eigenvalue weighted by atomic mass is 10.1. The van der Waals surface area contributed by atoms with Crippen molar-refractivity contribution in [2.45, 2.75) is 38.5 Å². The molecule has 0 aliphatic carbocycles. The van der Waals surface area contributed by atoms with Crippen molar-refractivity contribution in [2.75, 3.05) is 26.7 Å². The molecule has 0 aromatic rings. The Labute approximate surface area is 113 Å². The van der Waals surface area contributed by atoms with Crippen LogP contribution in [0.5, 0.6) is 0 Å². The number of aliphatic hydroxyl groups excluding tert-OH is 1. The molecule has 1 fully saturated rings. The van der Waals surface area contributed by atoms with Gasteiger partial charge < -0.3 is 20.4 Å². The summed E-state index contributed by atoms with van der Waals surface area (Å²) >= 11 is 0. The van der Waals surface area contributed by atoms with Crippen molar-refractivity contribution in [2.24, 2.45) is 0 Å². The lowest BCUT2D eigenvalue weighted by Gasteiger charge is -2.42. The van der Waals surface area contributed by atoms with Gasteiger partial charge in [-0.25, -0.2) is 9.59 Å². The molecular formula is C12H23N3O4. The Morgan fingerprint density at radius 3 is 2.32 bits per heavy atom. The molecule has 0 aromatic heterocycles. The first kappa shape index (κ1) is 15.7. The number of aliphatic hydroxyl groups is 1. The van der Waals surface area contributed by atoms with Gasteiger partial charge in [-0.1, -0.05) is 0 Å². The summed E-state index contributed by atoms with van der Waals surface area (Å²) in [5.41, 5.74) is 0. The van der Waals surface area contributed by atoms with Crippen LogP contribution in [0.4, 0.5) is 4.79 Å². The Kier molecular flexibility index (Phi) is 5.56. The first-order chi connectivity index (χ1) is 8.82. The smallest absolute Gasteiger partial charge is 0.332 e. The maximum atomic E-state index is 11.9. The van der Waals surface area contributed by atoms with Crippen molar-refractivity contribution in [1.29, 1.82) is 0 Å². The standard InChI is InChI=1S/C12H23N3O4/c1-8-6-15(7-9(2)14(8)3)12(19)13-5-4-10(16)11(17)18/h8-10,16H,4-7H2,1-3H3,(H,13,19)(H,17,18). The molecule has 110 valence electrons. The zero-order chi connectivity index (χ0) is 14.6. The van der Waals surface area contributed by atoms with Crippen molar-refractivity contribution in [3.63, 3.8) is 0 Å². The van der Waals surface area contributed by atoms with Gasteiger partial charge in [-0.05, 0) is 20.9 Å². The fourth-order valence-corrected chi connectivity index (χ4v) is 2.12. The largest absolute Gasteiger partial charge is 0.479 e. The van der Waals surface area contributed by atoms with E-state index >= 15 is 0 Å². The lowest BCUT2D eigenvalue weighted by molar-refractivity contribution is -0.146. The summed E-state index contributed by atoms with van der Waals surface area (Å²) in [6.45, 7) is 5.57. The molecule has 7 heteroatoms. The van der Waals surface area contributed by atoms with Crippen LogP contribution in [-0.2, 0) is 4.79 Å². The van der Waals surface area contributed by atoms with E-state index in [1.54, 1.807) is 4.90 Å². The fourth-order valence-electron chi connectivity index (χ4n) is 2.12. The first-order valence-corrected chi connectivity index (χ1v) is 6.48. The average molecular weight is 273 g/mol. The Morgan fingerprint density at radius 2 is 1.84 bits per heavy atom. The molecular weight excluding hydrogens is 250 g/mol. The van der Waals surface area contributed by atoms with Crippen LogP contribution in [0.15, 0.2) is 0 Å². The van der Waals surface area contributed by atoms with Crippen molar-refractivity contribution in [1.82, 2.24) is 15.1 Å². The summed E-state index contributed by atoms with van der Waals surface area (Å²) in [7, 11) is 2.04. The summed E-state index contributed by atoms with van der Waals surface area (Å²) in [5.74, 6) is -1.27. The number of nitrogens with one attached hydrogen (secondary N) is 1. The number of carboxylic acid groups (broad SMARTS) is 1. The van der Waals surface area contributed by atoms with Gasteiger partial charge in [0.25, 0.3) is 0 Å². The first-order valence-electron chi connectivity index (χ1n) is 6.48. The highest BCUT2D eigenvalue weighted by molar-refractivity contribution is 5.75. The summed E-state index contributed by atoms with van der Waals surface area (Å²) in [4.78, 5) is 26.3.